The van der Waals surface area contributed by atoms with E-state index in [-0.39, 0.29) is 38.2 Å². The lowest BCUT2D eigenvalue weighted by Gasteiger charge is -2.34. The smallest absolute Gasteiger partial charge is 0.330 e. The summed E-state index contributed by atoms with van der Waals surface area (Å²) in [4.78, 5) is 59.8. The second kappa shape index (κ2) is 15.4. The first-order chi connectivity index (χ1) is 23.7. The molecule has 1 aliphatic rings. The van der Waals surface area contributed by atoms with Crippen molar-refractivity contribution >= 4 is 23.8 Å². The Morgan fingerprint density at radius 3 is 1.31 bits per heavy atom. The molecule has 4 aromatic carbocycles. The van der Waals surface area contributed by atoms with Gasteiger partial charge in [-0.1, -0.05) is 86.0 Å². The van der Waals surface area contributed by atoms with Crippen LogP contribution in [0.3, 0.4) is 0 Å². The van der Waals surface area contributed by atoms with E-state index >= 15 is 0 Å². The molecule has 10 nitrogen and oxygen atoms in total. The molecule has 0 spiro atoms. The van der Waals surface area contributed by atoms with Crippen molar-refractivity contribution in [1.82, 2.24) is 10.1 Å². The molecule has 0 heterocycles. The van der Waals surface area contributed by atoms with Gasteiger partial charge in [0.2, 0.25) is 0 Å². The highest BCUT2D eigenvalue weighted by Crippen LogP contribution is 2.55. The highest BCUT2D eigenvalue weighted by Gasteiger charge is 2.46. The molecule has 10 heteroatoms. The van der Waals surface area contributed by atoms with E-state index in [1.165, 1.54) is 14.1 Å². The van der Waals surface area contributed by atoms with Crippen LogP contribution in [-0.4, -0.2) is 74.4 Å². The molecule has 0 saturated carbocycles. The number of hydrogen-bond acceptors (Lipinski definition) is 8. The lowest BCUT2D eigenvalue weighted by molar-refractivity contribution is -0.148. The Morgan fingerprint density at radius 1 is 0.571 bits per heavy atom. The van der Waals surface area contributed by atoms with Crippen LogP contribution in [0.4, 0.5) is 0 Å². The Morgan fingerprint density at radius 2 is 0.939 bits per heavy atom. The molecule has 4 aromatic rings. The van der Waals surface area contributed by atoms with E-state index in [9.17, 15) is 19.2 Å². The van der Waals surface area contributed by atoms with Gasteiger partial charge < -0.3 is 9.47 Å². The quantitative estimate of drug-likeness (QED) is 0.0663. The third-order valence-electron chi connectivity index (χ3n) is 8.21. The third-order valence-corrected chi connectivity index (χ3v) is 8.21. The fourth-order valence-corrected chi connectivity index (χ4v) is 5.98. The molecule has 0 saturated heterocycles. The Kier molecular flexibility index (Phi) is 10.8. The molecule has 1 aliphatic carbocycles. The van der Waals surface area contributed by atoms with Crippen molar-refractivity contribution < 1.29 is 38.3 Å². The van der Waals surface area contributed by atoms with Gasteiger partial charge in [-0.15, -0.1) is 0 Å². The minimum Gasteiger partial charge on any atom is -0.460 e. The van der Waals surface area contributed by atoms with Gasteiger partial charge in [-0.25, -0.2) is 19.7 Å². The van der Waals surface area contributed by atoms with Crippen LogP contribution in [0.1, 0.15) is 43.0 Å². The van der Waals surface area contributed by atoms with E-state index in [1.54, 1.807) is 24.3 Å². The van der Waals surface area contributed by atoms with Crippen molar-refractivity contribution in [1.29, 1.82) is 0 Å². The monoisotopic (exact) mass is 660 g/mol. The number of amides is 2. The zero-order valence-corrected chi connectivity index (χ0v) is 27.3. The number of esters is 2. The zero-order chi connectivity index (χ0) is 35.0. The minimum atomic E-state index is -0.759. The first kappa shape index (κ1) is 34.5. The SMILES string of the molecule is C=CC(=O)OCCON(C)C(=O)c1ccc(C2(c3ccc(C(=O)N(C)OCCOC(=O)C=C)cc3)c3ccccc3-c3ccccc32)cc1. The van der Waals surface area contributed by atoms with E-state index in [1.807, 2.05) is 48.5 Å². The average Bonchev–Trinajstić information content (AvgIpc) is 3.45. The van der Waals surface area contributed by atoms with Gasteiger partial charge in [0.05, 0.1) is 5.41 Å². The van der Waals surface area contributed by atoms with Gasteiger partial charge in [0.15, 0.2) is 0 Å². The second-order valence-electron chi connectivity index (χ2n) is 11.0. The molecule has 5 rings (SSSR count). The first-order valence-electron chi connectivity index (χ1n) is 15.5. The third kappa shape index (κ3) is 7.06. The van der Waals surface area contributed by atoms with E-state index in [0.717, 1.165) is 55.7 Å². The molecular formula is C39H36N2O8. The van der Waals surface area contributed by atoms with Crippen LogP contribution in [0, 0.1) is 0 Å². The maximum absolute atomic E-state index is 13.2. The summed E-state index contributed by atoms with van der Waals surface area (Å²) in [5.41, 5.74) is 6.23. The predicted octanol–water partition coefficient (Wildman–Crippen LogP) is 5.52. The predicted molar refractivity (Wildman–Crippen MR) is 182 cm³/mol. The largest absolute Gasteiger partial charge is 0.460 e. The van der Waals surface area contributed by atoms with Crippen LogP contribution >= 0.6 is 0 Å². The van der Waals surface area contributed by atoms with Gasteiger partial charge in [-0.05, 0) is 57.6 Å². The Labute approximate surface area is 284 Å². The van der Waals surface area contributed by atoms with Crippen molar-refractivity contribution in [3.63, 3.8) is 0 Å². The van der Waals surface area contributed by atoms with Crippen LogP contribution in [0.2, 0.25) is 0 Å². The highest BCUT2D eigenvalue weighted by atomic mass is 16.7. The number of nitrogens with zero attached hydrogens (tertiary/aromatic N) is 2. The summed E-state index contributed by atoms with van der Waals surface area (Å²) in [5.74, 6) is -1.87. The normalized spacial score (nSPS) is 12.2. The van der Waals surface area contributed by atoms with Gasteiger partial charge in [-0.2, -0.15) is 0 Å². The number of hydroxylamine groups is 4. The van der Waals surface area contributed by atoms with Gasteiger partial charge in [0.1, 0.15) is 26.4 Å². The topological polar surface area (TPSA) is 112 Å². The Bertz CT molecular complexity index is 1730. The van der Waals surface area contributed by atoms with Crippen molar-refractivity contribution in [2.45, 2.75) is 5.41 Å². The minimum absolute atomic E-state index is 0.00214. The molecule has 0 atom stereocenters. The van der Waals surface area contributed by atoms with Crippen molar-refractivity contribution in [3.05, 3.63) is 156 Å². The van der Waals surface area contributed by atoms with E-state index in [2.05, 4.69) is 37.4 Å². The first-order valence-corrected chi connectivity index (χ1v) is 15.5. The van der Waals surface area contributed by atoms with E-state index in [0.29, 0.717) is 11.1 Å². The molecule has 0 unspecified atom stereocenters. The van der Waals surface area contributed by atoms with Crippen LogP contribution < -0.4 is 0 Å². The number of carbonyl (C=O) groups excluding carboxylic acids is 4. The van der Waals surface area contributed by atoms with Crippen molar-refractivity contribution in [2.75, 3.05) is 40.5 Å². The van der Waals surface area contributed by atoms with Crippen molar-refractivity contribution in [2.24, 2.45) is 0 Å². The number of benzene rings is 4. The summed E-state index contributed by atoms with van der Waals surface area (Å²) < 4.78 is 9.82. The maximum atomic E-state index is 13.2. The molecule has 2 amide bonds. The summed E-state index contributed by atoms with van der Waals surface area (Å²) >= 11 is 0. The summed E-state index contributed by atoms with van der Waals surface area (Å²) in [6.07, 6.45) is 2.12. The molecule has 49 heavy (non-hydrogen) atoms. The van der Waals surface area contributed by atoms with Crippen molar-refractivity contribution in [3.8, 4) is 11.1 Å². The van der Waals surface area contributed by atoms with Crippen LogP contribution in [0.25, 0.3) is 11.1 Å². The summed E-state index contributed by atoms with van der Waals surface area (Å²) in [6.45, 7) is 6.65. The maximum Gasteiger partial charge on any atom is 0.330 e. The molecule has 0 N–H and O–H groups in total. The number of hydrogen-bond donors (Lipinski definition) is 0. The highest BCUT2D eigenvalue weighted by molar-refractivity contribution is 5.95. The lowest BCUT2D eigenvalue weighted by Crippen LogP contribution is -2.31. The zero-order valence-electron chi connectivity index (χ0n) is 27.3. The van der Waals surface area contributed by atoms with Crippen LogP contribution in [-0.2, 0) is 34.2 Å². The van der Waals surface area contributed by atoms with Gasteiger partial charge in [0.25, 0.3) is 11.8 Å². The average molecular weight is 661 g/mol. The van der Waals surface area contributed by atoms with E-state index in [4.69, 9.17) is 19.1 Å². The fraction of sp³-hybridized carbons (Fsp3) is 0.179. The summed E-state index contributed by atoms with van der Waals surface area (Å²) in [6, 6.07) is 31.2. The Balaban J connectivity index is 1.45. The van der Waals surface area contributed by atoms with Crippen LogP contribution in [0.5, 0.6) is 0 Å². The number of ether oxygens (including phenoxy) is 2. The van der Waals surface area contributed by atoms with E-state index < -0.39 is 17.4 Å². The van der Waals surface area contributed by atoms with Gasteiger partial charge in [0, 0.05) is 37.4 Å². The standard InChI is InChI=1S/C39H36N2O8/c1-5-35(42)46-23-25-48-40(3)37(44)27-15-19-29(20-16-27)39(33-13-9-7-11-31(33)32-12-8-10-14-34(32)39)30-21-17-28(18-22-30)38(45)41(4)49-26-24-47-36(43)6-2/h5-22H,1-2,23-26H2,3-4H3. The lowest BCUT2D eigenvalue weighted by atomic mass is 9.67. The number of carbonyl (C=O) groups is 4. The molecular weight excluding hydrogens is 624 g/mol. The fourth-order valence-electron chi connectivity index (χ4n) is 5.98. The summed E-state index contributed by atoms with van der Waals surface area (Å²) in [7, 11) is 3.00. The van der Waals surface area contributed by atoms with Gasteiger partial charge in [-0.3, -0.25) is 19.3 Å². The molecule has 0 aromatic heterocycles. The molecule has 0 aliphatic heterocycles. The molecule has 250 valence electrons. The second-order valence-corrected chi connectivity index (χ2v) is 11.0. The number of rotatable bonds is 14. The number of fused-ring (bicyclic) bond motifs is 3. The molecule has 0 fully saturated rings. The molecule has 0 bridgehead atoms. The van der Waals surface area contributed by atoms with Crippen LogP contribution in [0.15, 0.2) is 122 Å². The van der Waals surface area contributed by atoms with Gasteiger partial charge >= 0.3 is 11.9 Å². The molecule has 0 radical (unpaired) electrons. The summed E-state index contributed by atoms with van der Waals surface area (Å²) in [5, 5.41) is 2.22. The Hall–Kier alpha value is -5.84.